The lowest BCUT2D eigenvalue weighted by atomic mass is 9.88. The molecule has 0 radical (unpaired) electrons. The van der Waals surface area contributed by atoms with E-state index in [1.54, 1.807) is 22.3 Å². The van der Waals surface area contributed by atoms with Gasteiger partial charge in [-0.05, 0) is 36.3 Å². The summed E-state index contributed by atoms with van der Waals surface area (Å²) in [5.74, 6) is 0.715. The SMILES string of the molecule is CC1CCc2c(C(=O)NC(Cn3cncn3)c3ccccc3)csc2C1. The standard InChI is InChI=1S/C20H22N4OS/c1-14-7-8-16-17(11-26-19(16)9-14)20(25)23-18(10-24-13-21-12-22-24)15-5-3-2-4-6-15/h2-6,11-14,18H,7-10H2,1H3,(H,23,25). The van der Waals surface area contributed by atoms with Crippen LogP contribution in [0, 0.1) is 5.92 Å². The zero-order valence-electron chi connectivity index (χ0n) is 14.8. The highest BCUT2D eigenvalue weighted by atomic mass is 32.1. The summed E-state index contributed by atoms with van der Waals surface area (Å²) in [5.41, 5.74) is 3.16. The molecule has 1 aliphatic carbocycles. The largest absolute Gasteiger partial charge is 0.343 e. The van der Waals surface area contributed by atoms with Gasteiger partial charge in [0.1, 0.15) is 12.7 Å². The number of nitrogens with zero attached hydrogens (tertiary/aromatic N) is 3. The van der Waals surface area contributed by atoms with Gasteiger partial charge in [-0.15, -0.1) is 11.3 Å². The second kappa shape index (κ2) is 7.41. The van der Waals surface area contributed by atoms with Crippen LogP contribution in [0.1, 0.15) is 45.7 Å². The van der Waals surface area contributed by atoms with E-state index in [9.17, 15) is 4.79 Å². The highest BCUT2D eigenvalue weighted by Gasteiger charge is 2.25. The summed E-state index contributed by atoms with van der Waals surface area (Å²) < 4.78 is 1.75. The molecule has 1 amide bonds. The van der Waals surface area contributed by atoms with Crippen LogP contribution in [0.5, 0.6) is 0 Å². The average molecular weight is 366 g/mol. The van der Waals surface area contributed by atoms with Crippen molar-refractivity contribution in [1.29, 1.82) is 0 Å². The lowest BCUT2D eigenvalue weighted by Gasteiger charge is -2.21. The maximum absolute atomic E-state index is 13.0. The van der Waals surface area contributed by atoms with E-state index in [0.717, 1.165) is 30.4 Å². The molecule has 1 aromatic carbocycles. The van der Waals surface area contributed by atoms with Crippen LogP contribution >= 0.6 is 11.3 Å². The molecule has 134 valence electrons. The van der Waals surface area contributed by atoms with Crippen molar-refractivity contribution in [2.75, 3.05) is 0 Å². The predicted molar refractivity (Wildman–Crippen MR) is 102 cm³/mol. The Kier molecular flexibility index (Phi) is 4.84. The minimum absolute atomic E-state index is 0.00558. The van der Waals surface area contributed by atoms with Gasteiger partial charge in [0.05, 0.1) is 18.2 Å². The van der Waals surface area contributed by atoms with E-state index in [1.807, 2.05) is 35.7 Å². The predicted octanol–water partition coefficient (Wildman–Crippen LogP) is 3.64. The van der Waals surface area contributed by atoms with Crippen molar-refractivity contribution in [2.24, 2.45) is 5.92 Å². The lowest BCUT2D eigenvalue weighted by molar-refractivity contribution is 0.0931. The number of hydrogen-bond acceptors (Lipinski definition) is 4. The Morgan fingerprint density at radius 3 is 3.00 bits per heavy atom. The van der Waals surface area contributed by atoms with E-state index in [0.29, 0.717) is 12.5 Å². The molecule has 3 aromatic rings. The molecule has 0 spiro atoms. The highest BCUT2D eigenvalue weighted by Crippen LogP contribution is 2.33. The van der Waals surface area contributed by atoms with Crippen LogP contribution in [-0.2, 0) is 19.4 Å². The highest BCUT2D eigenvalue weighted by molar-refractivity contribution is 7.10. The second-order valence-electron chi connectivity index (χ2n) is 6.95. The summed E-state index contributed by atoms with van der Waals surface area (Å²) in [5, 5.41) is 9.42. The molecule has 1 aliphatic rings. The molecule has 6 heteroatoms. The van der Waals surface area contributed by atoms with Crippen LogP contribution in [-0.4, -0.2) is 20.7 Å². The minimum Gasteiger partial charge on any atom is -0.343 e. The Balaban J connectivity index is 1.57. The lowest BCUT2D eigenvalue weighted by Crippen LogP contribution is -2.32. The van der Waals surface area contributed by atoms with Crippen LogP contribution in [0.25, 0.3) is 0 Å². The molecule has 2 aromatic heterocycles. The molecule has 5 nitrogen and oxygen atoms in total. The Hall–Kier alpha value is -2.47. The first-order valence-corrected chi connectivity index (χ1v) is 9.86. The minimum atomic E-state index is -0.150. The van der Waals surface area contributed by atoms with Gasteiger partial charge in [0.25, 0.3) is 5.91 Å². The number of carbonyl (C=O) groups excluding carboxylic acids is 1. The molecular weight excluding hydrogens is 344 g/mol. The Morgan fingerprint density at radius 1 is 1.38 bits per heavy atom. The number of thiophene rings is 1. The Labute approximate surface area is 157 Å². The summed E-state index contributed by atoms with van der Waals surface area (Å²) in [6.45, 7) is 2.84. The van der Waals surface area contributed by atoms with Gasteiger partial charge in [-0.25, -0.2) is 4.98 Å². The van der Waals surface area contributed by atoms with Crippen LogP contribution in [0.3, 0.4) is 0 Å². The van der Waals surface area contributed by atoms with Gasteiger partial charge in [-0.3, -0.25) is 9.48 Å². The number of fused-ring (bicyclic) bond motifs is 1. The van der Waals surface area contributed by atoms with Gasteiger partial charge < -0.3 is 5.32 Å². The van der Waals surface area contributed by atoms with Crippen LogP contribution in [0.2, 0.25) is 0 Å². The average Bonchev–Trinajstić information content (AvgIpc) is 3.31. The summed E-state index contributed by atoms with van der Waals surface area (Å²) in [7, 11) is 0. The van der Waals surface area contributed by atoms with E-state index in [-0.39, 0.29) is 11.9 Å². The summed E-state index contributed by atoms with van der Waals surface area (Å²) in [6, 6.07) is 9.88. The molecule has 0 aliphatic heterocycles. The van der Waals surface area contributed by atoms with Crippen LogP contribution in [0.15, 0.2) is 48.4 Å². The molecular formula is C20H22N4OS. The molecule has 2 atom stereocenters. The first-order chi connectivity index (χ1) is 12.7. The Bertz CT molecular complexity index is 873. The molecule has 2 heterocycles. The molecule has 0 fully saturated rings. The van der Waals surface area contributed by atoms with E-state index in [4.69, 9.17) is 0 Å². The zero-order chi connectivity index (χ0) is 17.9. The van der Waals surface area contributed by atoms with Crippen molar-refractivity contribution in [3.63, 3.8) is 0 Å². The smallest absolute Gasteiger partial charge is 0.252 e. The Morgan fingerprint density at radius 2 is 2.23 bits per heavy atom. The zero-order valence-corrected chi connectivity index (χ0v) is 15.6. The monoisotopic (exact) mass is 366 g/mol. The van der Waals surface area contributed by atoms with Gasteiger partial charge >= 0.3 is 0 Å². The third-order valence-corrected chi connectivity index (χ3v) is 6.04. The molecule has 26 heavy (non-hydrogen) atoms. The van der Waals surface area contributed by atoms with Gasteiger partial charge in [-0.2, -0.15) is 5.10 Å². The van der Waals surface area contributed by atoms with Gasteiger partial charge in [0.2, 0.25) is 0 Å². The van der Waals surface area contributed by atoms with Crippen molar-refractivity contribution in [2.45, 2.75) is 38.8 Å². The number of benzene rings is 1. The first-order valence-electron chi connectivity index (χ1n) is 8.98. The fraction of sp³-hybridized carbons (Fsp3) is 0.350. The van der Waals surface area contributed by atoms with Crippen molar-refractivity contribution in [3.8, 4) is 0 Å². The van der Waals surface area contributed by atoms with Crippen molar-refractivity contribution >= 4 is 17.2 Å². The van der Waals surface area contributed by atoms with E-state index < -0.39 is 0 Å². The number of carbonyl (C=O) groups is 1. The number of amides is 1. The number of rotatable bonds is 5. The molecule has 4 rings (SSSR count). The normalized spacial score (nSPS) is 17.5. The summed E-state index contributed by atoms with van der Waals surface area (Å²) >= 11 is 1.72. The third kappa shape index (κ3) is 3.55. The van der Waals surface area contributed by atoms with Crippen LogP contribution < -0.4 is 5.32 Å². The van der Waals surface area contributed by atoms with E-state index >= 15 is 0 Å². The molecule has 1 N–H and O–H groups in total. The van der Waals surface area contributed by atoms with Gasteiger partial charge in [0.15, 0.2) is 0 Å². The molecule has 0 saturated heterocycles. The maximum atomic E-state index is 13.0. The quantitative estimate of drug-likeness (QED) is 0.750. The first kappa shape index (κ1) is 17.0. The number of nitrogens with one attached hydrogen (secondary N) is 1. The van der Waals surface area contributed by atoms with Gasteiger partial charge in [-0.1, -0.05) is 37.3 Å². The van der Waals surface area contributed by atoms with Crippen LogP contribution in [0.4, 0.5) is 0 Å². The van der Waals surface area contributed by atoms with E-state index in [2.05, 4.69) is 22.3 Å². The third-order valence-electron chi connectivity index (χ3n) is 4.99. The fourth-order valence-electron chi connectivity index (χ4n) is 3.54. The van der Waals surface area contributed by atoms with E-state index in [1.165, 1.54) is 16.8 Å². The molecule has 0 saturated carbocycles. The van der Waals surface area contributed by atoms with Crippen molar-refractivity contribution in [1.82, 2.24) is 20.1 Å². The van der Waals surface area contributed by atoms with Gasteiger partial charge in [0, 0.05) is 10.3 Å². The second-order valence-corrected chi connectivity index (χ2v) is 7.92. The molecule has 0 bridgehead atoms. The number of aromatic nitrogens is 3. The fourth-order valence-corrected chi connectivity index (χ4v) is 4.78. The number of hydrogen-bond donors (Lipinski definition) is 1. The maximum Gasteiger partial charge on any atom is 0.252 e. The topological polar surface area (TPSA) is 59.8 Å². The summed E-state index contributed by atoms with van der Waals surface area (Å²) in [6.07, 6.45) is 6.44. The van der Waals surface area contributed by atoms with Crippen molar-refractivity contribution in [3.05, 3.63) is 69.9 Å². The van der Waals surface area contributed by atoms with Crippen molar-refractivity contribution < 1.29 is 4.79 Å². The summed E-state index contributed by atoms with van der Waals surface area (Å²) in [4.78, 5) is 18.4. The molecule has 2 unspecified atom stereocenters.